The molecule has 0 spiro atoms. The quantitative estimate of drug-likeness (QED) is 0.775. The van der Waals surface area contributed by atoms with E-state index >= 15 is 0 Å². The van der Waals surface area contributed by atoms with Crippen molar-refractivity contribution < 1.29 is 4.79 Å². The molecule has 3 aromatic rings. The smallest absolute Gasteiger partial charge is 0.292 e. The molecule has 1 unspecified atom stereocenters. The van der Waals surface area contributed by atoms with Crippen LogP contribution in [0.2, 0.25) is 0 Å². The lowest BCUT2D eigenvalue weighted by Gasteiger charge is -2.23. The summed E-state index contributed by atoms with van der Waals surface area (Å²) in [5.41, 5.74) is 0.442. The lowest BCUT2D eigenvalue weighted by atomic mass is 10.2. The zero-order chi connectivity index (χ0) is 16.5. The van der Waals surface area contributed by atoms with Crippen molar-refractivity contribution in [3.05, 3.63) is 64.7 Å². The number of aromatic nitrogens is 4. The molecule has 0 radical (unpaired) electrons. The van der Waals surface area contributed by atoms with E-state index in [1.54, 1.807) is 41.6 Å². The number of carbonyl (C=O) groups is 1. The number of nitrogens with one attached hydrogen (secondary N) is 1. The van der Waals surface area contributed by atoms with Crippen LogP contribution in [-0.4, -0.2) is 37.3 Å². The lowest BCUT2D eigenvalue weighted by Crippen LogP contribution is -2.33. The molecule has 1 saturated heterocycles. The topological polar surface area (TPSA) is 91.8 Å². The molecule has 1 aromatic carbocycles. The zero-order valence-electron chi connectivity index (χ0n) is 12.8. The highest BCUT2D eigenvalue weighted by Gasteiger charge is 2.33. The van der Waals surface area contributed by atoms with E-state index in [0.717, 1.165) is 12.8 Å². The Kier molecular flexibility index (Phi) is 3.53. The van der Waals surface area contributed by atoms with E-state index in [2.05, 4.69) is 19.9 Å². The number of hydrogen-bond acceptors (Lipinski definition) is 5. The van der Waals surface area contributed by atoms with Gasteiger partial charge in [0.05, 0.1) is 16.9 Å². The predicted molar refractivity (Wildman–Crippen MR) is 87.4 cm³/mol. The Morgan fingerprint density at radius 2 is 1.96 bits per heavy atom. The Morgan fingerprint density at radius 1 is 1.17 bits per heavy atom. The first-order valence-electron chi connectivity index (χ1n) is 7.81. The minimum absolute atomic E-state index is 0.160. The van der Waals surface area contributed by atoms with E-state index in [0.29, 0.717) is 23.3 Å². The fraction of sp³-hybridized carbons (Fsp3) is 0.235. The Morgan fingerprint density at radius 3 is 2.79 bits per heavy atom. The molecule has 0 saturated carbocycles. The molecule has 1 aliphatic heterocycles. The monoisotopic (exact) mass is 321 g/mol. The third-order valence-corrected chi connectivity index (χ3v) is 4.22. The molecule has 7 heteroatoms. The average Bonchev–Trinajstić information content (AvgIpc) is 3.11. The van der Waals surface area contributed by atoms with E-state index in [9.17, 15) is 9.59 Å². The van der Waals surface area contributed by atoms with E-state index in [4.69, 9.17) is 0 Å². The molecule has 120 valence electrons. The maximum absolute atomic E-state index is 12.7. The van der Waals surface area contributed by atoms with Crippen LogP contribution in [0, 0.1) is 0 Å². The largest absolute Gasteiger partial charge is 0.326 e. The molecule has 0 bridgehead atoms. The number of fused-ring (bicyclic) bond motifs is 1. The number of benzene rings is 1. The van der Waals surface area contributed by atoms with Crippen LogP contribution in [0.25, 0.3) is 10.9 Å². The van der Waals surface area contributed by atoms with Gasteiger partial charge in [0.15, 0.2) is 0 Å². The van der Waals surface area contributed by atoms with Gasteiger partial charge in [-0.05, 0) is 31.0 Å². The predicted octanol–water partition coefficient (Wildman–Crippen LogP) is 1.69. The fourth-order valence-corrected chi connectivity index (χ4v) is 3.09. The number of likely N-dealkylation sites (tertiary alicyclic amines) is 1. The van der Waals surface area contributed by atoms with Crippen molar-refractivity contribution in [3.8, 4) is 0 Å². The van der Waals surface area contributed by atoms with Crippen LogP contribution in [0.15, 0.2) is 47.5 Å². The van der Waals surface area contributed by atoms with Gasteiger partial charge in [0.2, 0.25) is 5.82 Å². The van der Waals surface area contributed by atoms with Crippen LogP contribution in [0.1, 0.15) is 35.3 Å². The number of H-pyrrole nitrogens is 1. The summed E-state index contributed by atoms with van der Waals surface area (Å²) < 4.78 is 0. The second kappa shape index (κ2) is 5.84. The number of aromatic amines is 1. The molecule has 1 amide bonds. The summed E-state index contributed by atoms with van der Waals surface area (Å²) in [6.45, 7) is 0.596. The zero-order valence-corrected chi connectivity index (χ0v) is 12.8. The molecule has 7 nitrogen and oxygen atoms in total. The Balaban J connectivity index is 1.73. The van der Waals surface area contributed by atoms with Gasteiger partial charge in [0.1, 0.15) is 5.82 Å². The van der Waals surface area contributed by atoms with Gasteiger partial charge in [-0.2, -0.15) is 0 Å². The van der Waals surface area contributed by atoms with E-state index in [-0.39, 0.29) is 23.3 Å². The first-order valence-corrected chi connectivity index (χ1v) is 7.81. The van der Waals surface area contributed by atoms with Crippen molar-refractivity contribution in [1.29, 1.82) is 0 Å². The van der Waals surface area contributed by atoms with Gasteiger partial charge in [0.25, 0.3) is 11.5 Å². The van der Waals surface area contributed by atoms with Crippen molar-refractivity contribution in [1.82, 2.24) is 24.8 Å². The van der Waals surface area contributed by atoms with E-state index in [1.165, 1.54) is 0 Å². The molecule has 1 aliphatic rings. The van der Waals surface area contributed by atoms with Crippen LogP contribution in [0.4, 0.5) is 0 Å². The van der Waals surface area contributed by atoms with E-state index in [1.807, 2.05) is 6.07 Å². The van der Waals surface area contributed by atoms with Crippen molar-refractivity contribution in [2.75, 3.05) is 6.54 Å². The highest BCUT2D eigenvalue weighted by Crippen LogP contribution is 2.30. The molecule has 24 heavy (non-hydrogen) atoms. The Bertz CT molecular complexity index is 954. The molecule has 2 aromatic heterocycles. The molecular weight excluding hydrogens is 306 g/mol. The molecule has 1 fully saturated rings. The summed E-state index contributed by atoms with van der Waals surface area (Å²) in [5.74, 6) is 0.432. The van der Waals surface area contributed by atoms with Crippen LogP contribution < -0.4 is 5.56 Å². The Labute approximate surface area is 137 Å². The van der Waals surface area contributed by atoms with Crippen molar-refractivity contribution in [3.63, 3.8) is 0 Å². The molecule has 4 rings (SSSR count). The number of para-hydroxylation sites is 1. The highest BCUT2D eigenvalue weighted by atomic mass is 16.2. The number of carbonyl (C=O) groups excluding carboxylic acids is 1. The maximum atomic E-state index is 12.7. The summed E-state index contributed by atoms with van der Waals surface area (Å²) in [7, 11) is 0. The van der Waals surface area contributed by atoms with Gasteiger partial charge >= 0.3 is 0 Å². The molecule has 0 aliphatic carbocycles. The first-order chi connectivity index (χ1) is 11.7. The molecule has 1 N–H and O–H groups in total. The number of rotatable bonds is 2. The number of amides is 1. The number of nitrogens with zero attached hydrogens (tertiary/aromatic N) is 4. The van der Waals surface area contributed by atoms with Crippen LogP contribution >= 0.6 is 0 Å². The van der Waals surface area contributed by atoms with Gasteiger partial charge in [-0.25, -0.2) is 15.0 Å². The molecule has 1 atom stereocenters. The van der Waals surface area contributed by atoms with Gasteiger partial charge < -0.3 is 9.88 Å². The third-order valence-electron chi connectivity index (χ3n) is 4.22. The second-order valence-corrected chi connectivity index (χ2v) is 5.70. The fourth-order valence-electron chi connectivity index (χ4n) is 3.09. The normalized spacial score (nSPS) is 17.3. The second-order valence-electron chi connectivity index (χ2n) is 5.70. The summed E-state index contributed by atoms with van der Waals surface area (Å²) in [6, 6.07) is 8.58. The summed E-state index contributed by atoms with van der Waals surface area (Å²) >= 11 is 0. The van der Waals surface area contributed by atoms with Gasteiger partial charge in [-0.15, -0.1) is 0 Å². The lowest BCUT2D eigenvalue weighted by molar-refractivity contribution is 0.0717. The van der Waals surface area contributed by atoms with Crippen molar-refractivity contribution in [2.24, 2.45) is 0 Å². The first kappa shape index (κ1) is 14.5. The minimum atomic E-state index is -0.265. The highest BCUT2D eigenvalue weighted by molar-refractivity contribution is 5.90. The minimum Gasteiger partial charge on any atom is -0.326 e. The van der Waals surface area contributed by atoms with Crippen LogP contribution in [0.3, 0.4) is 0 Å². The van der Waals surface area contributed by atoms with Gasteiger partial charge in [-0.1, -0.05) is 12.1 Å². The van der Waals surface area contributed by atoms with Crippen molar-refractivity contribution >= 4 is 16.8 Å². The summed E-state index contributed by atoms with van der Waals surface area (Å²) in [5, 5.41) is 0.545. The standard InChI is InChI=1S/C17H15N5O2/c23-16-11-5-1-2-6-12(11)20-14(21-16)13-7-3-10-22(13)17(24)15-18-8-4-9-19-15/h1-2,4-6,8-9,13H,3,7,10H2,(H,20,21,23). The van der Waals surface area contributed by atoms with Crippen LogP contribution in [-0.2, 0) is 0 Å². The van der Waals surface area contributed by atoms with E-state index < -0.39 is 0 Å². The third kappa shape index (κ3) is 2.44. The summed E-state index contributed by atoms with van der Waals surface area (Å²) in [6.07, 6.45) is 4.68. The molecular formula is C17H15N5O2. The van der Waals surface area contributed by atoms with Gasteiger partial charge in [0, 0.05) is 18.9 Å². The summed E-state index contributed by atoms with van der Waals surface area (Å²) in [4.78, 5) is 42.1. The average molecular weight is 321 g/mol. The van der Waals surface area contributed by atoms with Crippen LogP contribution in [0.5, 0.6) is 0 Å². The SMILES string of the molecule is O=C(c1ncccn1)N1CCCC1c1nc2ccccc2c(=O)[nH]1. The number of hydrogen-bond donors (Lipinski definition) is 1. The molecule has 3 heterocycles. The Hall–Kier alpha value is -3.09. The van der Waals surface area contributed by atoms with Gasteiger partial charge in [-0.3, -0.25) is 9.59 Å². The maximum Gasteiger partial charge on any atom is 0.292 e. The van der Waals surface area contributed by atoms with Crippen molar-refractivity contribution in [2.45, 2.75) is 18.9 Å².